The summed E-state index contributed by atoms with van der Waals surface area (Å²) in [6.07, 6.45) is 2.62. The van der Waals surface area contributed by atoms with Crippen molar-refractivity contribution in [2.24, 2.45) is 0 Å². The van der Waals surface area contributed by atoms with Gasteiger partial charge in [-0.05, 0) is 32.3 Å². The van der Waals surface area contributed by atoms with Crippen LogP contribution >= 0.6 is 11.3 Å². The Morgan fingerprint density at radius 3 is 2.61 bits per heavy atom. The van der Waals surface area contributed by atoms with Gasteiger partial charge in [-0.1, -0.05) is 6.92 Å². The maximum atomic E-state index is 12.2. The fraction of sp³-hybridized carbons (Fsp3) is 0.588. The van der Waals surface area contributed by atoms with Gasteiger partial charge in [-0.15, -0.1) is 11.3 Å². The highest BCUT2D eigenvalue weighted by atomic mass is 32.2. The molecule has 1 atom stereocenters. The molecule has 9 nitrogen and oxygen atoms in total. The largest absolute Gasteiger partial charge is 0.462 e. The normalized spacial score (nSPS) is 17.3. The van der Waals surface area contributed by atoms with E-state index in [2.05, 4.69) is 5.32 Å². The maximum absolute atomic E-state index is 12.2. The number of anilines is 1. The Kier molecular flexibility index (Phi) is 7.55. The van der Waals surface area contributed by atoms with Crippen molar-refractivity contribution >= 4 is 44.2 Å². The molecule has 0 radical (unpaired) electrons. The van der Waals surface area contributed by atoms with E-state index in [-0.39, 0.29) is 18.7 Å². The van der Waals surface area contributed by atoms with Gasteiger partial charge in [-0.25, -0.2) is 13.2 Å². The number of aryl methyl sites for hydroxylation is 1. The quantitative estimate of drug-likeness (QED) is 0.617. The first-order valence-electron chi connectivity index (χ1n) is 8.90. The fourth-order valence-corrected chi connectivity index (χ4v) is 4.95. The van der Waals surface area contributed by atoms with Gasteiger partial charge < -0.3 is 14.8 Å². The van der Waals surface area contributed by atoms with Crippen molar-refractivity contribution in [1.29, 1.82) is 0 Å². The summed E-state index contributed by atoms with van der Waals surface area (Å²) in [6.45, 7) is 3.49. The molecule has 1 aromatic rings. The number of ether oxygens (including phenoxy) is 2. The van der Waals surface area contributed by atoms with Gasteiger partial charge in [0.15, 0.2) is 6.61 Å². The van der Waals surface area contributed by atoms with Crippen molar-refractivity contribution in [2.45, 2.75) is 39.2 Å². The molecular formula is C17H24N2O7S2. The second-order valence-corrected chi connectivity index (χ2v) is 9.29. The molecule has 0 spiro atoms. The van der Waals surface area contributed by atoms with Crippen LogP contribution in [0.1, 0.15) is 41.9 Å². The molecular weight excluding hydrogens is 408 g/mol. The Bertz CT molecular complexity index is 848. The van der Waals surface area contributed by atoms with Crippen LogP contribution in [0.3, 0.4) is 0 Å². The molecule has 0 saturated carbocycles. The van der Waals surface area contributed by atoms with E-state index in [4.69, 9.17) is 9.47 Å². The van der Waals surface area contributed by atoms with Crippen LogP contribution in [-0.2, 0) is 35.5 Å². The summed E-state index contributed by atoms with van der Waals surface area (Å²) in [4.78, 5) is 37.3. The number of rotatable bonds is 8. The first-order valence-corrected chi connectivity index (χ1v) is 11.6. The molecule has 2 heterocycles. The summed E-state index contributed by atoms with van der Waals surface area (Å²) < 4.78 is 34.5. The smallest absolute Gasteiger partial charge is 0.341 e. The van der Waals surface area contributed by atoms with E-state index in [1.807, 2.05) is 6.92 Å². The van der Waals surface area contributed by atoms with Crippen LogP contribution in [0, 0.1) is 0 Å². The monoisotopic (exact) mass is 432 g/mol. The van der Waals surface area contributed by atoms with Crippen LogP contribution < -0.4 is 5.32 Å². The summed E-state index contributed by atoms with van der Waals surface area (Å²) in [5.41, 5.74) is 0.252. The average Bonchev–Trinajstić information content (AvgIpc) is 3.26. The highest BCUT2D eigenvalue weighted by molar-refractivity contribution is 7.88. The molecule has 11 heteroatoms. The van der Waals surface area contributed by atoms with Crippen LogP contribution in [0.25, 0.3) is 0 Å². The molecule has 2 rings (SSSR count). The van der Waals surface area contributed by atoms with Crippen molar-refractivity contribution in [3.05, 3.63) is 16.5 Å². The SMILES string of the molecule is CCOC(=O)c1cc(CC)sc1NC(=O)COC(=O)C1CCCN1S(C)(=O)=O. The number of sulfonamides is 1. The first kappa shape index (κ1) is 22.3. The summed E-state index contributed by atoms with van der Waals surface area (Å²) in [5, 5.41) is 2.89. The molecule has 1 unspecified atom stereocenters. The predicted molar refractivity (Wildman–Crippen MR) is 104 cm³/mol. The zero-order chi connectivity index (χ0) is 20.9. The minimum absolute atomic E-state index is 0.208. The van der Waals surface area contributed by atoms with Gasteiger partial charge >= 0.3 is 11.9 Å². The van der Waals surface area contributed by atoms with Gasteiger partial charge in [-0.2, -0.15) is 4.31 Å². The van der Waals surface area contributed by atoms with E-state index in [1.165, 1.54) is 11.3 Å². The lowest BCUT2D eigenvalue weighted by molar-refractivity contribution is -0.150. The Hall–Kier alpha value is -1.98. The number of nitrogens with zero attached hydrogens (tertiary/aromatic N) is 1. The van der Waals surface area contributed by atoms with E-state index in [1.54, 1.807) is 13.0 Å². The van der Waals surface area contributed by atoms with Crippen LogP contribution in [0.5, 0.6) is 0 Å². The minimum atomic E-state index is -3.52. The van der Waals surface area contributed by atoms with Gasteiger partial charge in [-0.3, -0.25) is 9.59 Å². The number of thiophene rings is 1. The molecule has 28 heavy (non-hydrogen) atoms. The third-order valence-electron chi connectivity index (χ3n) is 4.13. The van der Waals surface area contributed by atoms with Crippen LogP contribution in [0.4, 0.5) is 5.00 Å². The number of nitrogens with one attached hydrogen (secondary N) is 1. The summed E-state index contributed by atoms with van der Waals surface area (Å²) >= 11 is 1.24. The number of carbonyl (C=O) groups excluding carboxylic acids is 3. The number of hydrogen-bond donors (Lipinski definition) is 1. The van der Waals surface area contributed by atoms with Crippen molar-refractivity contribution in [3.8, 4) is 0 Å². The van der Waals surface area contributed by atoms with E-state index >= 15 is 0 Å². The lowest BCUT2D eigenvalue weighted by atomic mass is 10.2. The molecule has 0 bridgehead atoms. The number of carbonyl (C=O) groups is 3. The third-order valence-corrected chi connectivity index (χ3v) is 6.61. The second kappa shape index (κ2) is 9.48. The third kappa shape index (κ3) is 5.52. The van der Waals surface area contributed by atoms with Crippen molar-refractivity contribution in [2.75, 3.05) is 31.3 Å². The van der Waals surface area contributed by atoms with Crippen molar-refractivity contribution in [1.82, 2.24) is 4.31 Å². The molecule has 1 aliphatic heterocycles. The predicted octanol–water partition coefficient (Wildman–Crippen LogP) is 1.39. The highest BCUT2D eigenvalue weighted by Crippen LogP contribution is 2.29. The zero-order valence-corrected chi connectivity index (χ0v) is 17.7. The topological polar surface area (TPSA) is 119 Å². The Labute approximate surface area is 168 Å². The van der Waals surface area contributed by atoms with E-state index in [0.29, 0.717) is 24.3 Å². The molecule has 0 aliphatic carbocycles. The van der Waals surface area contributed by atoms with Crippen LogP contribution in [-0.4, -0.2) is 62.6 Å². The van der Waals surface area contributed by atoms with E-state index in [9.17, 15) is 22.8 Å². The molecule has 1 saturated heterocycles. The van der Waals surface area contributed by atoms with E-state index < -0.39 is 40.5 Å². The number of hydrogen-bond acceptors (Lipinski definition) is 8. The molecule has 1 amide bonds. The summed E-state index contributed by atoms with van der Waals surface area (Å²) in [7, 11) is -3.52. The van der Waals surface area contributed by atoms with Gasteiger partial charge in [0, 0.05) is 11.4 Å². The second-order valence-electron chi connectivity index (χ2n) is 6.22. The van der Waals surface area contributed by atoms with Gasteiger partial charge in [0.05, 0.1) is 18.4 Å². The summed E-state index contributed by atoms with van der Waals surface area (Å²) in [6, 6.07) is 0.749. The lowest BCUT2D eigenvalue weighted by Crippen LogP contribution is -2.41. The Morgan fingerprint density at radius 2 is 2.00 bits per heavy atom. The van der Waals surface area contributed by atoms with E-state index in [0.717, 1.165) is 15.4 Å². The summed E-state index contributed by atoms with van der Waals surface area (Å²) in [5.74, 6) is -1.92. The van der Waals surface area contributed by atoms with Crippen molar-refractivity contribution < 1.29 is 32.3 Å². The molecule has 1 N–H and O–H groups in total. The maximum Gasteiger partial charge on any atom is 0.341 e. The minimum Gasteiger partial charge on any atom is -0.462 e. The number of esters is 2. The first-order chi connectivity index (χ1) is 13.2. The lowest BCUT2D eigenvalue weighted by Gasteiger charge is -2.20. The van der Waals surface area contributed by atoms with Gasteiger partial charge in [0.25, 0.3) is 5.91 Å². The fourth-order valence-electron chi connectivity index (χ4n) is 2.84. The molecule has 1 aromatic heterocycles. The highest BCUT2D eigenvalue weighted by Gasteiger charge is 2.37. The molecule has 1 aliphatic rings. The zero-order valence-electron chi connectivity index (χ0n) is 16.0. The Balaban J connectivity index is 1.98. The molecule has 1 fully saturated rings. The number of amides is 1. The van der Waals surface area contributed by atoms with Gasteiger partial charge in [0.1, 0.15) is 11.0 Å². The molecule has 0 aromatic carbocycles. The van der Waals surface area contributed by atoms with Gasteiger partial charge in [0.2, 0.25) is 10.0 Å². The van der Waals surface area contributed by atoms with Crippen LogP contribution in [0.15, 0.2) is 6.07 Å². The standard InChI is InChI=1S/C17H24N2O7S2/c1-4-11-9-12(16(21)25-5-2)15(27-11)18-14(20)10-26-17(22)13-7-6-8-19(13)28(3,23)24/h9,13H,4-8,10H2,1-3H3,(H,18,20). The Morgan fingerprint density at radius 1 is 1.29 bits per heavy atom. The average molecular weight is 433 g/mol. The van der Waals surface area contributed by atoms with Crippen LogP contribution in [0.2, 0.25) is 0 Å². The van der Waals surface area contributed by atoms with Crippen molar-refractivity contribution in [3.63, 3.8) is 0 Å². The molecule has 156 valence electrons.